The summed E-state index contributed by atoms with van der Waals surface area (Å²) in [4.78, 5) is 2.65. The van der Waals surface area contributed by atoms with Crippen molar-refractivity contribution in [2.45, 2.75) is 65.3 Å². The van der Waals surface area contributed by atoms with E-state index in [1.807, 2.05) is 0 Å². The van der Waals surface area contributed by atoms with E-state index in [0.29, 0.717) is 12.6 Å². The van der Waals surface area contributed by atoms with Gasteiger partial charge in [-0.2, -0.15) is 0 Å². The van der Waals surface area contributed by atoms with Gasteiger partial charge in [0.1, 0.15) is 0 Å². The van der Waals surface area contributed by atoms with Crippen molar-refractivity contribution in [2.24, 2.45) is 17.3 Å². The fraction of sp³-hybridized carbons (Fsp3) is 1.00. The third kappa shape index (κ3) is 3.27. The van der Waals surface area contributed by atoms with Gasteiger partial charge in [-0.3, -0.25) is 0 Å². The van der Waals surface area contributed by atoms with E-state index in [9.17, 15) is 5.11 Å². The van der Waals surface area contributed by atoms with Gasteiger partial charge in [-0.05, 0) is 51.0 Å². The van der Waals surface area contributed by atoms with Crippen LogP contribution in [0.4, 0.5) is 0 Å². The molecule has 1 N–H and O–H groups in total. The van der Waals surface area contributed by atoms with Crippen LogP contribution in [-0.4, -0.2) is 35.7 Å². The van der Waals surface area contributed by atoms with Gasteiger partial charge in [0.15, 0.2) is 0 Å². The summed E-state index contributed by atoms with van der Waals surface area (Å²) in [5.41, 5.74) is 0.210. The maximum Gasteiger partial charge on any atom is 0.0499 e. The minimum atomic E-state index is 0.210. The predicted molar refractivity (Wildman–Crippen MR) is 76.6 cm³/mol. The van der Waals surface area contributed by atoms with Crippen molar-refractivity contribution in [1.29, 1.82) is 0 Å². The summed E-state index contributed by atoms with van der Waals surface area (Å²) in [7, 11) is 0. The molecule has 2 atom stereocenters. The van der Waals surface area contributed by atoms with Crippen molar-refractivity contribution >= 4 is 0 Å². The van der Waals surface area contributed by atoms with Gasteiger partial charge in [0.25, 0.3) is 0 Å². The van der Waals surface area contributed by atoms with Crippen LogP contribution in [-0.2, 0) is 0 Å². The molecule has 2 rings (SSSR count). The van der Waals surface area contributed by atoms with Gasteiger partial charge in [-0.1, -0.05) is 26.7 Å². The van der Waals surface area contributed by atoms with E-state index in [1.165, 1.54) is 45.1 Å². The zero-order valence-corrected chi connectivity index (χ0v) is 12.5. The zero-order valence-electron chi connectivity index (χ0n) is 12.5. The number of hydrogen-bond acceptors (Lipinski definition) is 2. The van der Waals surface area contributed by atoms with Crippen LogP contribution < -0.4 is 0 Å². The molecule has 2 fully saturated rings. The van der Waals surface area contributed by atoms with E-state index in [0.717, 1.165) is 18.4 Å². The summed E-state index contributed by atoms with van der Waals surface area (Å²) in [5, 5.41) is 9.87. The molecule has 2 unspecified atom stereocenters. The average molecular weight is 253 g/mol. The third-order valence-corrected chi connectivity index (χ3v) is 5.48. The lowest BCUT2D eigenvalue weighted by molar-refractivity contribution is 0.00285. The van der Waals surface area contributed by atoms with Crippen molar-refractivity contribution in [3.05, 3.63) is 0 Å². The summed E-state index contributed by atoms with van der Waals surface area (Å²) in [6.45, 7) is 9.85. The number of aliphatic hydroxyl groups is 1. The molecule has 0 bridgehead atoms. The van der Waals surface area contributed by atoms with Crippen LogP contribution in [0.25, 0.3) is 0 Å². The highest BCUT2D eigenvalue weighted by molar-refractivity contribution is 4.89. The van der Waals surface area contributed by atoms with Crippen molar-refractivity contribution in [3.8, 4) is 0 Å². The smallest absolute Gasteiger partial charge is 0.0499 e. The molecular weight excluding hydrogens is 222 g/mol. The highest BCUT2D eigenvalue weighted by atomic mass is 16.3. The van der Waals surface area contributed by atoms with Crippen molar-refractivity contribution in [1.82, 2.24) is 4.90 Å². The van der Waals surface area contributed by atoms with Gasteiger partial charge in [0.2, 0.25) is 0 Å². The van der Waals surface area contributed by atoms with Crippen LogP contribution >= 0.6 is 0 Å². The Balaban J connectivity index is 1.93. The number of piperidine rings is 1. The molecule has 1 heterocycles. The first-order chi connectivity index (χ1) is 8.54. The summed E-state index contributed by atoms with van der Waals surface area (Å²) in [6, 6.07) is 0.705. The Hall–Kier alpha value is -0.0800. The fourth-order valence-corrected chi connectivity index (χ4v) is 3.86. The molecule has 2 nitrogen and oxygen atoms in total. The molecule has 1 aliphatic heterocycles. The molecular formula is C16H31NO. The van der Waals surface area contributed by atoms with Crippen LogP contribution in [0.3, 0.4) is 0 Å². The molecule has 0 amide bonds. The number of hydrogen-bond donors (Lipinski definition) is 1. The Morgan fingerprint density at radius 2 is 1.72 bits per heavy atom. The molecule has 2 heteroatoms. The SMILES string of the molecule is CC1CCC(CO)(CN2CCC(C)CC2C)CC1. The Bertz CT molecular complexity index is 258. The molecule has 0 radical (unpaired) electrons. The Morgan fingerprint density at radius 3 is 2.28 bits per heavy atom. The molecule has 18 heavy (non-hydrogen) atoms. The molecule has 0 aromatic carbocycles. The standard InChI is InChI=1S/C16H31NO/c1-13-4-7-16(12-18,8-5-13)11-17-9-6-14(2)10-15(17)3/h13-15,18H,4-12H2,1-3H3. The number of nitrogens with zero attached hydrogens (tertiary/aromatic N) is 1. The molecule has 2 aliphatic rings. The first kappa shape index (κ1) is 14.3. The first-order valence-corrected chi connectivity index (χ1v) is 7.89. The zero-order chi connectivity index (χ0) is 13.2. The van der Waals surface area contributed by atoms with Crippen LogP contribution in [0.1, 0.15) is 59.3 Å². The summed E-state index contributed by atoms with van der Waals surface area (Å²) >= 11 is 0. The van der Waals surface area contributed by atoms with Gasteiger partial charge < -0.3 is 10.0 Å². The number of likely N-dealkylation sites (tertiary alicyclic amines) is 1. The van der Waals surface area contributed by atoms with E-state index in [4.69, 9.17) is 0 Å². The second kappa shape index (κ2) is 5.92. The molecule has 1 saturated heterocycles. The van der Waals surface area contributed by atoms with Gasteiger partial charge >= 0.3 is 0 Å². The Labute approximate surface area is 113 Å². The Morgan fingerprint density at radius 1 is 1.06 bits per heavy atom. The average Bonchev–Trinajstić information content (AvgIpc) is 2.36. The predicted octanol–water partition coefficient (Wildman–Crippen LogP) is 3.30. The van der Waals surface area contributed by atoms with Crippen molar-refractivity contribution in [3.63, 3.8) is 0 Å². The van der Waals surface area contributed by atoms with Gasteiger partial charge in [0, 0.05) is 24.6 Å². The lowest BCUT2D eigenvalue weighted by atomic mass is 9.70. The van der Waals surface area contributed by atoms with E-state index in [-0.39, 0.29) is 5.41 Å². The van der Waals surface area contributed by atoms with Crippen LogP contribution in [0.15, 0.2) is 0 Å². The molecule has 0 aromatic rings. The first-order valence-electron chi connectivity index (χ1n) is 7.89. The molecule has 1 saturated carbocycles. The second-order valence-corrected chi connectivity index (χ2v) is 7.29. The van der Waals surface area contributed by atoms with Crippen LogP contribution in [0.2, 0.25) is 0 Å². The lowest BCUT2D eigenvalue weighted by Gasteiger charge is -2.45. The van der Waals surface area contributed by atoms with Crippen molar-refractivity contribution in [2.75, 3.05) is 19.7 Å². The molecule has 1 aliphatic carbocycles. The molecule has 0 aromatic heterocycles. The normalized spacial score (nSPS) is 43.0. The highest BCUT2D eigenvalue weighted by Crippen LogP contribution is 2.40. The second-order valence-electron chi connectivity index (χ2n) is 7.29. The van der Waals surface area contributed by atoms with Gasteiger partial charge in [-0.25, -0.2) is 0 Å². The van der Waals surface area contributed by atoms with E-state index >= 15 is 0 Å². The lowest BCUT2D eigenvalue weighted by Crippen LogP contribution is -2.48. The minimum Gasteiger partial charge on any atom is -0.396 e. The third-order valence-electron chi connectivity index (χ3n) is 5.48. The summed E-state index contributed by atoms with van der Waals surface area (Å²) < 4.78 is 0. The topological polar surface area (TPSA) is 23.5 Å². The monoisotopic (exact) mass is 253 g/mol. The van der Waals surface area contributed by atoms with E-state index in [1.54, 1.807) is 0 Å². The van der Waals surface area contributed by atoms with E-state index < -0.39 is 0 Å². The van der Waals surface area contributed by atoms with Crippen LogP contribution in [0.5, 0.6) is 0 Å². The number of aliphatic hydroxyl groups excluding tert-OH is 1. The summed E-state index contributed by atoms with van der Waals surface area (Å²) in [5.74, 6) is 1.75. The van der Waals surface area contributed by atoms with Crippen molar-refractivity contribution < 1.29 is 5.11 Å². The fourth-order valence-electron chi connectivity index (χ4n) is 3.86. The van der Waals surface area contributed by atoms with Crippen LogP contribution in [0, 0.1) is 17.3 Å². The molecule has 0 spiro atoms. The minimum absolute atomic E-state index is 0.210. The highest BCUT2D eigenvalue weighted by Gasteiger charge is 2.37. The maximum absolute atomic E-state index is 9.87. The van der Waals surface area contributed by atoms with Gasteiger partial charge in [0.05, 0.1) is 0 Å². The summed E-state index contributed by atoms with van der Waals surface area (Å²) in [6.07, 6.45) is 7.73. The molecule has 106 valence electrons. The Kier molecular flexibility index (Phi) is 4.71. The number of rotatable bonds is 3. The quantitative estimate of drug-likeness (QED) is 0.834. The van der Waals surface area contributed by atoms with E-state index in [2.05, 4.69) is 25.7 Å². The largest absolute Gasteiger partial charge is 0.396 e. The van der Waals surface area contributed by atoms with Gasteiger partial charge in [-0.15, -0.1) is 0 Å². The maximum atomic E-state index is 9.87.